The molecule has 4 aliphatic rings. The Kier molecular flexibility index (Phi) is 4.33. The molecule has 2 aromatic rings. The molecule has 3 aliphatic carbocycles. The number of aromatic nitrogens is 2. The van der Waals surface area contributed by atoms with E-state index in [4.69, 9.17) is 9.47 Å². The van der Waals surface area contributed by atoms with Crippen LogP contribution in [0.2, 0.25) is 0 Å². The molecule has 1 aromatic heterocycles. The van der Waals surface area contributed by atoms with Crippen LogP contribution in [0.4, 0.5) is 4.39 Å². The van der Waals surface area contributed by atoms with Crippen molar-refractivity contribution in [2.45, 2.75) is 58.7 Å². The fourth-order valence-corrected chi connectivity index (χ4v) is 6.49. The molecule has 6 nitrogen and oxygen atoms in total. The lowest BCUT2D eigenvalue weighted by Gasteiger charge is -2.53. The number of hydrogen-bond donors (Lipinski definition) is 0. The molecule has 0 bridgehead atoms. The average Bonchev–Trinajstić information content (AvgIpc) is 3.18. The van der Waals surface area contributed by atoms with Crippen molar-refractivity contribution in [1.82, 2.24) is 9.78 Å². The minimum Gasteiger partial charge on any atom is -0.422 e. The van der Waals surface area contributed by atoms with Crippen LogP contribution in [0.25, 0.3) is 11.8 Å². The maximum Gasteiger partial charge on any atom is 0.327 e. The smallest absolute Gasteiger partial charge is 0.327 e. The SMILES string of the molecule is CC1(C)OC(=O)C2(CCC=C3C2CCC2=Cc4c(cnn4-c4ccc(F)cc4)C[C@@]23C)C(=O)O1. The Morgan fingerprint density at radius 2 is 1.79 bits per heavy atom. The molecule has 6 rings (SSSR count). The van der Waals surface area contributed by atoms with Crippen LogP contribution in [0.3, 0.4) is 0 Å². The van der Waals surface area contributed by atoms with Gasteiger partial charge in [-0.15, -0.1) is 0 Å². The van der Waals surface area contributed by atoms with E-state index in [0.717, 1.165) is 35.4 Å². The normalized spacial score (nSPS) is 28.6. The molecule has 1 saturated heterocycles. The number of allylic oxidation sites excluding steroid dienone is 3. The van der Waals surface area contributed by atoms with E-state index in [1.165, 1.54) is 17.7 Å². The Balaban J connectivity index is 1.40. The van der Waals surface area contributed by atoms with E-state index in [9.17, 15) is 14.0 Å². The summed E-state index contributed by atoms with van der Waals surface area (Å²) in [4.78, 5) is 26.6. The lowest BCUT2D eigenvalue weighted by atomic mass is 9.51. The van der Waals surface area contributed by atoms with Gasteiger partial charge in [-0.3, -0.25) is 9.59 Å². The van der Waals surface area contributed by atoms with Gasteiger partial charge in [0.05, 0.1) is 17.6 Å². The molecule has 1 unspecified atom stereocenters. The summed E-state index contributed by atoms with van der Waals surface area (Å²) < 4.78 is 26.5. The third-order valence-electron chi connectivity index (χ3n) is 8.14. The van der Waals surface area contributed by atoms with Gasteiger partial charge >= 0.3 is 11.9 Å². The fraction of sp³-hybridized carbons (Fsp3) is 0.444. The van der Waals surface area contributed by atoms with Gasteiger partial charge < -0.3 is 9.47 Å². The Bertz CT molecular complexity index is 1270. The molecular weight excluding hydrogens is 435 g/mol. The zero-order chi connectivity index (χ0) is 23.9. The predicted molar refractivity (Wildman–Crippen MR) is 122 cm³/mol. The summed E-state index contributed by atoms with van der Waals surface area (Å²) >= 11 is 0. The Labute approximate surface area is 197 Å². The van der Waals surface area contributed by atoms with Crippen LogP contribution >= 0.6 is 0 Å². The number of carbonyl (C=O) groups is 2. The molecule has 1 saturated carbocycles. The van der Waals surface area contributed by atoms with Crippen molar-refractivity contribution in [3.05, 3.63) is 64.8 Å². The summed E-state index contributed by atoms with van der Waals surface area (Å²) in [5.41, 5.74) is 3.71. The van der Waals surface area contributed by atoms with Crippen LogP contribution in [0, 0.1) is 22.6 Å². The number of esters is 2. The molecule has 1 aliphatic heterocycles. The van der Waals surface area contributed by atoms with E-state index in [2.05, 4.69) is 24.2 Å². The van der Waals surface area contributed by atoms with Crippen molar-refractivity contribution >= 4 is 18.0 Å². The van der Waals surface area contributed by atoms with Crippen LogP contribution in [0.15, 0.2) is 47.7 Å². The van der Waals surface area contributed by atoms with E-state index < -0.39 is 23.1 Å². The van der Waals surface area contributed by atoms with Crippen molar-refractivity contribution in [2.75, 3.05) is 0 Å². The second kappa shape index (κ2) is 6.90. The number of nitrogens with zero attached hydrogens (tertiary/aromatic N) is 2. The van der Waals surface area contributed by atoms with Gasteiger partial charge in [0.1, 0.15) is 5.82 Å². The molecule has 2 fully saturated rings. The fourth-order valence-electron chi connectivity index (χ4n) is 6.49. The van der Waals surface area contributed by atoms with E-state index in [1.807, 2.05) is 10.9 Å². The van der Waals surface area contributed by atoms with Crippen molar-refractivity contribution < 1.29 is 23.5 Å². The monoisotopic (exact) mass is 462 g/mol. The largest absolute Gasteiger partial charge is 0.422 e. The number of rotatable bonds is 1. The highest BCUT2D eigenvalue weighted by molar-refractivity contribution is 6.03. The first-order chi connectivity index (χ1) is 16.1. The van der Waals surface area contributed by atoms with Crippen LogP contribution in [-0.2, 0) is 25.5 Å². The highest BCUT2D eigenvalue weighted by atomic mass is 19.1. The number of cyclic esters (lactones) is 2. The van der Waals surface area contributed by atoms with Gasteiger partial charge in [-0.2, -0.15) is 5.10 Å². The molecular formula is C27H27FN2O4. The minimum absolute atomic E-state index is 0.242. The number of hydrogen-bond acceptors (Lipinski definition) is 5. The molecule has 0 N–H and O–H groups in total. The third-order valence-corrected chi connectivity index (χ3v) is 8.14. The summed E-state index contributed by atoms with van der Waals surface area (Å²) in [6.07, 6.45) is 9.48. The standard InChI is InChI=1S/C27H27FN2O4/c1-25(2)33-23(31)27(24(32)34-25)12-4-5-20-21(27)11-6-17-13-22-16(14-26(17,20)3)15-29-30(22)19-9-7-18(28)8-10-19/h5,7-10,13,15,21H,4,6,11-12,14H2,1-3H3/t21?,26-/m0/s1. The molecule has 176 valence electrons. The number of halogens is 1. The zero-order valence-electron chi connectivity index (χ0n) is 19.6. The predicted octanol–water partition coefficient (Wildman–Crippen LogP) is 4.91. The number of ether oxygens (including phenoxy) is 2. The first kappa shape index (κ1) is 21.3. The van der Waals surface area contributed by atoms with Crippen LogP contribution in [0.1, 0.15) is 57.7 Å². The molecule has 0 amide bonds. The van der Waals surface area contributed by atoms with Crippen molar-refractivity contribution in [1.29, 1.82) is 0 Å². The minimum atomic E-state index is -1.27. The van der Waals surface area contributed by atoms with Crippen molar-refractivity contribution in [2.24, 2.45) is 16.7 Å². The second-order valence-electron chi connectivity index (χ2n) is 10.6. The Hall–Kier alpha value is -3.22. The third kappa shape index (κ3) is 2.82. The molecule has 2 heterocycles. The molecule has 34 heavy (non-hydrogen) atoms. The Morgan fingerprint density at radius 1 is 1.09 bits per heavy atom. The van der Waals surface area contributed by atoms with Crippen molar-refractivity contribution in [3.8, 4) is 5.69 Å². The van der Waals surface area contributed by atoms with Crippen LogP contribution in [-0.4, -0.2) is 27.5 Å². The highest BCUT2D eigenvalue weighted by Crippen LogP contribution is 2.61. The van der Waals surface area contributed by atoms with E-state index in [0.29, 0.717) is 19.3 Å². The van der Waals surface area contributed by atoms with E-state index in [-0.39, 0.29) is 17.2 Å². The topological polar surface area (TPSA) is 70.4 Å². The highest BCUT2D eigenvalue weighted by Gasteiger charge is 2.64. The second-order valence-corrected chi connectivity index (χ2v) is 10.6. The van der Waals surface area contributed by atoms with Gasteiger partial charge in [-0.05, 0) is 68.0 Å². The lowest BCUT2D eigenvalue weighted by Crippen LogP contribution is -2.60. The maximum absolute atomic E-state index is 13.4. The average molecular weight is 463 g/mol. The molecule has 7 heteroatoms. The summed E-state index contributed by atoms with van der Waals surface area (Å²) in [6.45, 7) is 5.40. The molecule has 1 spiro atoms. The van der Waals surface area contributed by atoms with Gasteiger partial charge in [0.2, 0.25) is 0 Å². The molecule has 2 atom stereocenters. The summed E-state index contributed by atoms with van der Waals surface area (Å²) in [7, 11) is 0. The van der Waals surface area contributed by atoms with E-state index >= 15 is 0 Å². The van der Waals surface area contributed by atoms with Gasteiger partial charge in [-0.25, -0.2) is 9.07 Å². The van der Waals surface area contributed by atoms with Crippen LogP contribution < -0.4 is 0 Å². The molecule has 0 radical (unpaired) electrons. The zero-order valence-corrected chi connectivity index (χ0v) is 19.6. The maximum atomic E-state index is 13.4. The van der Waals surface area contributed by atoms with Gasteiger partial charge in [0, 0.05) is 25.2 Å². The molecule has 1 aromatic carbocycles. The van der Waals surface area contributed by atoms with Gasteiger partial charge in [-0.1, -0.05) is 24.1 Å². The van der Waals surface area contributed by atoms with Gasteiger partial charge in [0.25, 0.3) is 5.79 Å². The summed E-state index contributed by atoms with van der Waals surface area (Å²) in [5.74, 6) is -2.68. The quantitative estimate of drug-likeness (QED) is 0.342. The summed E-state index contributed by atoms with van der Waals surface area (Å²) in [5, 5.41) is 4.60. The van der Waals surface area contributed by atoms with Crippen LogP contribution in [0.5, 0.6) is 0 Å². The Morgan fingerprint density at radius 3 is 2.50 bits per heavy atom. The summed E-state index contributed by atoms with van der Waals surface area (Å²) in [6, 6.07) is 6.32. The number of carbonyl (C=O) groups excluding carboxylic acids is 2. The lowest BCUT2D eigenvalue weighted by molar-refractivity contribution is -0.256. The van der Waals surface area contributed by atoms with Crippen molar-refractivity contribution in [3.63, 3.8) is 0 Å². The number of fused-ring (bicyclic) bond motifs is 5. The first-order valence-corrected chi connectivity index (χ1v) is 11.9. The number of benzene rings is 1. The van der Waals surface area contributed by atoms with Gasteiger partial charge in [0.15, 0.2) is 5.41 Å². The van der Waals surface area contributed by atoms with E-state index in [1.54, 1.807) is 26.0 Å². The first-order valence-electron chi connectivity index (χ1n) is 11.9.